The van der Waals surface area contributed by atoms with Gasteiger partial charge in [0.25, 0.3) is 0 Å². The van der Waals surface area contributed by atoms with E-state index in [4.69, 9.17) is 0 Å². The minimum atomic E-state index is 0.0999. The Hall–Kier alpha value is -0.940. The Balaban J connectivity index is 2.07. The van der Waals surface area contributed by atoms with E-state index in [9.17, 15) is 4.79 Å². The van der Waals surface area contributed by atoms with Gasteiger partial charge in [0.05, 0.1) is 11.1 Å². The number of piperidine rings is 1. The lowest BCUT2D eigenvalue weighted by molar-refractivity contribution is 0.102. The maximum absolute atomic E-state index is 11.3. The van der Waals surface area contributed by atoms with Crippen molar-refractivity contribution in [2.75, 3.05) is 32.1 Å². The summed E-state index contributed by atoms with van der Waals surface area (Å²) in [6.45, 7) is 3.85. The van der Waals surface area contributed by atoms with Gasteiger partial charge in [-0.25, -0.2) is 4.98 Å². The van der Waals surface area contributed by atoms with E-state index >= 15 is 0 Å². The van der Waals surface area contributed by atoms with Crippen LogP contribution in [0.2, 0.25) is 0 Å². The van der Waals surface area contributed by atoms with E-state index in [1.807, 2.05) is 0 Å². The van der Waals surface area contributed by atoms with Crippen LogP contribution in [-0.2, 0) is 0 Å². The lowest BCUT2D eigenvalue weighted by atomic mass is 10.1. The summed E-state index contributed by atoms with van der Waals surface area (Å²) < 4.78 is 0. The maximum atomic E-state index is 11.3. The lowest BCUT2D eigenvalue weighted by Gasteiger charge is -2.35. The van der Waals surface area contributed by atoms with Gasteiger partial charge < -0.3 is 9.80 Å². The van der Waals surface area contributed by atoms with Crippen molar-refractivity contribution in [3.8, 4) is 0 Å². The van der Waals surface area contributed by atoms with Crippen LogP contribution < -0.4 is 4.90 Å². The first-order valence-electron chi connectivity index (χ1n) is 5.96. The number of likely N-dealkylation sites (tertiary alicyclic amines) is 1. The number of carbonyl (C=O) groups excluding carboxylic acids is 1. The molecule has 0 bridgehead atoms. The zero-order valence-corrected chi connectivity index (χ0v) is 11.5. The highest BCUT2D eigenvalue weighted by atomic mass is 32.1. The zero-order chi connectivity index (χ0) is 12.4. The molecule has 1 aliphatic rings. The van der Waals surface area contributed by atoms with Crippen molar-refractivity contribution in [1.29, 1.82) is 0 Å². The fourth-order valence-electron chi connectivity index (χ4n) is 2.20. The predicted octanol–water partition coefficient (Wildman–Crippen LogP) is 1.88. The molecule has 1 aromatic heterocycles. The van der Waals surface area contributed by atoms with Crippen LogP contribution in [0.3, 0.4) is 0 Å². The third kappa shape index (κ3) is 2.84. The van der Waals surface area contributed by atoms with Gasteiger partial charge in [-0.3, -0.25) is 4.79 Å². The quantitative estimate of drug-likeness (QED) is 0.771. The zero-order valence-electron chi connectivity index (χ0n) is 10.6. The summed E-state index contributed by atoms with van der Waals surface area (Å²) in [4.78, 5) is 20.9. The van der Waals surface area contributed by atoms with Crippen LogP contribution in [0.5, 0.6) is 0 Å². The number of likely N-dealkylation sites (N-methyl/N-ethyl adjacent to an activating group) is 2. The Labute approximate surface area is 106 Å². The van der Waals surface area contributed by atoms with Crippen LogP contribution in [0.15, 0.2) is 6.20 Å². The van der Waals surface area contributed by atoms with Gasteiger partial charge in [-0.05, 0) is 26.4 Å². The number of carbonyl (C=O) groups is 1. The van der Waals surface area contributed by atoms with Gasteiger partial charge in [0.15, 0.2) is 10.9 Å². The van der Waals surface area contributed by atoms with Gasteiger partial charge in [0.1, 0.15) is 0 Å². The van der Waals surface area contributed by atoms with E-state index in [-0.39, 0.29) is 5.78 Å². The number of ketones is 1. The van der Waals surface area contributed by atoms with Gasteiger partial charge in [0.2, 0.25) is 0 Å². The first kappa shape index (κ1) is 12.5. The lowest BCUT2D eigenvalue weighted by Crippen LogP contribution is -2.45. The minimum absolute atomic E-state index is 0.0999. The molecule has 0 aliphatic carbocycles. The van der Waals surface area contributed by atoms with Gasteiger partial charge in [-0.15, -0.1) is 0 Å². The number of rotatable bonds is 3. The van der Waals surface area contributed by atoms with Crippen molar-refractivity contribution in [2.24, 2.45) is 0 Å². The first-order chi connectivity index (χ1) is 8.08. The van der Waals surface area contributed by atoms with E-state index < -0.39 is 0 Å². The smallest absolute Gasteiger partial charge is 0.185 e. The minimum Gasteiger partial charge on any atom is -0.347 e. The number of hydrogen-bond donors (Lipinski definition) is 0. The van der Waals surface area contributed by atoms with E-state index in [0.29, 0.717) is 6.04 Å². The summed E-state index contributed by atoms with van der Waals surface area (Å²) >= 11 is 1.49. The number of thiazole rings is 1. The Kier molecular flexibility index (Phi) is 3.79. The van der Waals surface area contributed by atoms with E-state index in [1.165, 1.54) is 30.7 Å². The molecule has 2 rings (SSSR count). The molecule has 1 fully saturated rings. The molecular weight excluding hydrogens is 234 g/mol. The van der Waals surface area contributed by atoms with E-state index in [0.717, 1.165) is 16.6 Å². The third-order valence-electron chi connectivity index (χ3n) is 3.29. The summed E-state index contributed by atoms with van der Waals surface area (Å²) in [6.07, 6.45) is 4.12. The SMILES string of the molecule is CC(=O)c1cnc(N(C)C2CCCN(C)C2)s1. The normalized spacial score (nSPS) is 21.5. The second kappa shape index (κ2) is 5.14. The largest absolute Gasteiger partial charge is 0.347 e. The molecule has 0 spiro atoms. The summed E-state index contributed by atoms with van der Waals surface area (Å²) in [7, 11) is 4.23. The average Bonchev–Trinajstić information content (AvgIpc) is 2.77. The van der Waals surface area contributed by atoms with Gasteiger partial charge in [0, 0.05) is 26.6 Å². The predicted molar refractivity (Wildman–Crippen MR) is 71.0 cm³/mol. The second-order valence-electron chi connectivity index (χ2n) is 4.73. The van der Waals surface area contributed by atoms with E-state index in [1.54, 1.807) is 13.1 Å². The van der Waals surface area contributed by atoms with Gasteiger partial charge in [-0.2, -0.15) is 0 Å². The molecule has 17 heavy (non-hydrogen) atoms. The van der Waals surface area contributed by atoms with E-state index in [2.05, 4.69) is 28.9 Å². The molecule has 94 valence electrons. The molecule has 0 N–H and O–H groups in total. The highest BCUT2D eigenvalue weighted by molar-refractivity contribution is 7.17. The molecule has 1 unspecified atom stereocenters. The monoisotopic (exact) mass is 253 g/mol. The molecule has 0 saturated carbocycles. The highest BCUT2D eigenvalue weighted by Crippen LogP contribution is 2.26. The number of anilines is 1. The summed E-state index contributed by atoms with van der Waals surface area (Å²) in [5.74, 6) is 0.0999. The van der Waals surface area contributed by atoms with Crippen LogP contribution in [0.4, 0.5) is 5.13 Å². The topological polar surface area (TPSA) is 36.4 Å². The van der Waals surface area contributed by atoms with Crippen LogP contribution in [0.1, 0.15) is 29.4 Å². The molecule has 4 nitrogen and oxygen atoms in total. The number of nitrogens with zero attached hydrogens (tertiary/aromatic N) is 3. The molecule has 0 radical (unpaired) electrons. The van der Waals surface area contributed by atoms with Crippen molar-refractivity contribution in [3.05, 3.63) is 11.1 Å². The summed E-state index contributed by atoms with van der Waals surface area (Å²) in [5.41, 5.74) is 0. The maximum Gasteiger partial charge on any atom is 0.185 e. The molecule has 2 heterocycles. The first-order valence-corrected chi connectivity index (χ1v) is 6.77. The fourth-order valence-corrected chi connectivity index (χ4v) is 3.05. The number of Topliss-reactive ketones (excluding diaryl/α,β-unsaturated/α-hetero) is 1. The molecule has 1 atom stereocenters. The molecular formula is C12H19N3OS. The second-order valence-corrected chi connectivity index (χ2v) is 5.74. The van der Waals surface area contributed by atoms with Crippen molar-refractivity contribution < 1.29 is 4.79 Å². The van der Waals surface area contributed by atoms with Crippen molar-refractivity contribution in [2.45, 2.75) is 25.8 Å². The Bertz CT molecular complexity index is 404. The summed E-state index contributed by atoms with van der Waals surface area (Å²) in [6, 6.07) is 0.514. The molecule has 0 aromatic carbocycles. The molecule has 1 saturated heterocycles. The van der Waals surface area contributed by atoms with Crippen LogP contribution in [0.25, 0.3) is 0 Å². The molecule has 0 amide bonds. The van der Waals surface area contributed by atoms with Crippen molar-refractivity contribution in [1.82, 2.24) is 9.88 Å². The van der Waals surface area contributed by atoms with Crippen LogP contribution in [-0.4, -0.2) is 48.9 Å². The van der Waals surface area contributed by atoms with Gasteiger partial charge >= 0.3 is 0 Å². The van der Waals surface area contributed by atoms with Crippen molar-refractivity contribution >= 4 is 22.3 Å². The Morgan fingerprint density at radius 3 is 3.00 bits per heavy atom. The third-order valence-corrected chi connectivity index (χ3v) is 4.48. The molecule has 1 aromatic rings. The molecule has 1 aliphatic heterocycles. The average molecular weight is 253 g/mol. The van der Waals surface area contributed by atoms with Crippen molar-refractivity contribution in [3.63, 3.8) is 0 Å². The fraction of sp³-hybridized carbons (Fsp3) is 0.667. The highest BCUT2D eigenvalue weighted by Gasteiger charge is 2.23. The number of aromatic nitrogens is 1. The standard InChI is InChI=1S/C12H19N3OS/c1-9(16)11-7-13-12(17-11)15(3)10-5-4-6-14(2)8-10/h7,10H,4-6,8H2,1-3H3. The van der Waals surface area contributed by atoms with Crippen LogP contribution in [0, 0.1) is 0 Å². The Morgan fingerprint density at radius 2 is 2.41 bits per heavy atom. The van der Waals surface area contributed by atoms with Gasteiger partial charge in [-0.1, -0.05) is 11.3 Å². The van der Waals surface area contributed by atoms with Crippen LogP contribution >= 0.6 is 11.3 Å². The number of hydrogen-bond acceptors (Lipinski definition) is 5. The summed E-state index contributed by atoms with van der Waals surface area (Å²) in [5, 5.41) is 0.954. The Morgan fingerprint density at radius 1 is 1.65 bits per heavy atom. The molecule has 5 heteroatoms.